The molecule has 18 heavy (non-hydrogen) atoms. The van der Waals surface area contributed by atoms with E-state index < -0.39 is 29.6 Å². The number of hydrogen-bond acceptors (Lipinski definition) is 6. The summed E-state index contributed by atoms with van der Waals surface area (Å²) in [5.74, 6) is -2.61. The summed E-state index contributed by atoms with van der Waals surface area (Å²) >= 11 is 0. The molecule has 0 amide bonds. The maximum Gasteiger partial charge on any atom is 0.224 e. The average Bonchev–Trinajstić information content (AvgIpc) is 2.71. The fourth-order valence-electron chi connectivity index (χ4n) is 2.78. The molecular weight excluding hydrogens is 240 g/mol. The fourth-order valence-corrected chi connectivity index (χ4v) is 2.78. The number of hydrogen-bond donors (Lipinski definition) is 1. The highest BCUT2D eigenvalue weighted by molar-refractivity contribution is 5.00. The van der Waals surface area contributed by atoms with E-state index in [0.29, 0.717) is 6.61 Å². The first-order valence-electron chi connectivity index (χ1n) is 6.25. The summed E-state index contributed by atoms with van der Waals surface area (Å²) in [4.78, 5) is 0. The van der Waals surface area contributed by atoms with Crippen molar-refractivity contribution in [3.8, 4) is 0 Å². The Labute approximate surface area is 106 Å². The minimum Gasteiger partial charge on any atom is -0.385 e. The summed E-state index contributed by atoms with van der Waals surface area (Å²) in [5, 5.41) is 10.5. The maximum atomic E-state index is 10.5. The first kappa shape index (κ1) is 12.8. The van der Waals surface area contributed by atoms with Gasteiger partial charge in [-0.1, -0.05) is 0 Å². The Bertz CT molecular complexity index is 352. The van der Waals surface area contributed by atoms with Crippen molar-refractivity contribution in [3.05, 3.63) is 0 Å². The van der Waals surface area contributed by atoms with Gasteiger partial charge in [-0.25, -0.2) is 0 Å². The van der Waals surface area contributed by atoms with E-state index in [-0.39, 0.29) is 12.7 Å². The Morgan fingerprint density at radius 3 is 2.33 bits per heavy atom. The Morgan fingerprint density at radius 2 is 1.72 bits per heavy atom. The molecule has 0 bridgehead atoms. The summed E-state index contributed by atoms with van der Waals surface area (Å²) < 4.78 is 28.3. The summed E-state index contributed by atoms with van der Waals surface area (Å²) in [6.45, 7) is 7.74. The van der Waals surface area contributed by atoms with E-state index in [1.807, 2.05) is 13.8 Å². The van der Waals surface area contributed by atoms with Crippen molar-refractivity contribution in [2.24, 2.45) is 0 Å². The molecule has 0 aliphatic carbocycles. The minimum atomic E-state index is -1.14. The molecule has 0 radical (unpaired) electrons. The first-order valence-corrected chi connectivity index (χ1v) is 6.25. The smallest absolute Gasteiger partial charge is 0.224 e. The van der Waals surface area contributed by atoms with Gasteiger partial charge in [-0.3, -0.25) is 0 Å². The molecule has 104 valence electrons. The van der Waals surface area contributed by atoms with Gasteiger partial charge in [-0.15, -0.1) is 0 Å². The van der Waals surface area contributed by atoms with Crippen LogP contribution in [0.3, 0.4) is 0 Å². The molecule has 1 unspecified atom stereocenters. The van der Waals surface area contributed by atoms with Crippen molar-refractivity contribution in [2.45, 2.75) is 63.4 Å². The number of aliphatic hydroxyl groups is 1. The lowest BCUT2D eigenvalue weighted by Gasteiger charge is -2.41. The third kappa shape index (κ3) is 1.88. The molecule has 3 fully saturated rings. The van der Waals surface area contributed by atoms with Crippen LogP contribution in [0.5, 0.6) is 0 Å². The van der Waals surface area contributed by atoms with Crippen molar-refractivity contribution in [2.75, 3.05) is 13.2 Å². The molecule has 1 spiro atoms. The lowest BCUT2D eigenvalue weighted by Crippen LogP contribution is -2.61. The minimum absolute atomic E-state index is 0.189. The molecule has 1 N–H and O–H groups in total. The second kappa shape index (κ2) is 3.65. The number of aliphatic hydroxyl groups excluding tert-OH is 1. The number of fused-ring (bicyclic) bond motifs is 1. The lowest BCUT2D eigenvalue weighted by atomic mass is 9.97. The Balaban J connectivity index is 1.82. The highest BCUT2D eigenvalue weighted by Crippen LogP contribution is 2.43. The zero-order valence-corrected chi connectivity index (χ0v) is 11.1. The summed E-state index contributed by atoms with van der Waals surface area (Å²) in [7, 11) is 0. The molecule has 4 atom stereocenters. The average molecular weight is 260 g/mol. The van der Waals surface area contributed by atoms with Crippen molar-refractivity contribution >= 4 is 0 Å². The molecular formula is C12H20O6. The van der Waals surface area contributed by atoms with Crippen LogP contribution in [0.4, 0.5) is 0 Å². The van der Waals surface area contributed by atoms with Crippen LogP contribution in [0.15, 0.2) is 0 Å². The van der Waals surface area contributed by atoms with Crippen LogP contribution in [-0.2, 0) is 23.7 Å². The van der Waals surface area contributed by atoms with E-state index in [2.05, 4.69) is 0 Å². The predicted molar refractivity (Wildman–Crippen MR) is 59.6 cm³/mol. The van der Waals surface area contributed by atoms with E-state index in [4.69, 9.17) is 23.7 Å². The fraction of sp³-hybridized carbons (Fsp3) is 1.00. The van der Waals surface area contributed by atoms with Crippen LogP contribution in [-0.4, -0.2) is 54.0 Å². The van der Waals surface area contributed by atoms with Crippen LogP contribution >= 0.6 is 0 Å². The van der Waals surface area contributed by atoms with E-state index in [1.54, 1.807) is 13.8 Å². The zero-order valence-electron chi connectivity index (χ0n) is 11.1. The summed E-state index contributed by atoms with van der Waals surface area (Å²) in [6, 6.07) is 0. The first-order chi connectivity index (χ1) is 8.23. The molecule has 0 aromatic rings. The third-order valence-corrected chi connectivity index (χ3v) is 3.51. The van der Waals surface area contributed by atoms with Gasteiger partial charge >= 0.3 is 0 Å². The Kier molecular flexibility index (Phi) is 2.59. The highest BCUT2D eigenvalue weighted by atomic mass is 16.9. The molecule has 3 saturated heterocycles. The van der Waals surface area contributed by atoms with Gasteiger partial charge in [0.25, 0.3) is 0 Å². The Hall–Kier alpha value is -0.240. The van der Waals surface area contributed by atoms with Gasteiger partial charge in [-0.2, -0.15) is 0 Å². The number of rotatable bonds is 0. The van der Waals surface area contributed by atoms with Crippen LogP contribution in [0.25, 0.3) is 0 Å². The molecule has 3 aliphatic rings. The van der Waals surface area contributed by atoms with Crippen molar-refractivity contribution in [1.29, 1.82) is 0 Å². The molecule has 0 saturated carbocycles. The molecule has 3 rings (SSSR count). The highest BCUT2D eigenvalue weighted by Gasteiger charge is 2.62. The Morgan fingerprint density at radius 1 is 1.00 bits per heavy atom. The van der Waals surface area contributed by atoms with E-state index in [1.165, 1.54) is 0 Å². The monoisotopic (exact) mass is 260 g/mol. The lowest BCUT2D eigenvalue weighted by molar-refractivity contribution is -0.326. The second-order valence-corrected chi connectivity index (χ2v) is 6.00. The van der Waals surface area contributed by atoms with Crippen molar-refractivity contribution in [1.82, 2.24) is 0 Å². The largest absolute Gasteiger partial charge is 0.385 e. The van der Waals surface area contributed by atoms with Crippen molar-refractivity contribution in [3.63, 3.8) is 0 Å². The molecule has 0 aromatic heterocycles. The molecule has 6 heteroatoms. The standard InChI is InChI=1S/C12H20O6/c1-10(2)15-6-12(18-10)9(13)8-7(5-14-12)16-11(3,4)17-8/h7-9,13H,5-6H2,1-4H3/t7-,8-,9+,12?/m0/s1. The third-order valence-electron chi connectivity index (χ3n) is 3.51. The van der Waals surface area contributed by atoms with Gasteiger partial charge in [0, 0.05) is 0 Å². The van der Waals surface area contributed by atoms with Gasteiger partial charge in [-0.05, 0) is 27.7 Å². The normalized spacial score (nSPS) is 49.5. The van der Waals surface area contributed by atoms with Crippen LogP contribution in [0.2, 0.25) is 0 Å². The van der Waals surface area contributed by atoms with Gasteiger partial charge in [0.1, 0.15) is 24.9 Å². The second-order valence-electron chi connectivity index (χ2n) is 6.00. The van der Waals surface area contributed by atoms with Gasteiger partial charge in [0.05, 0.1) is 6.61 Å². The van der Waals surface area contributed by atoms with Crippen LogP contribution in [0.1, 0.15) is 27.7 Å². The topological polar surface area (TPSA) is 66.4 Å². The molecule has 0 aromatic carbocycles. The van der Waals surface area contributed by atoms with Gasteiger partial charge in [0.2, 0.25) is 5.79 Å². The summed E-state index contributed by atoms with van der Waals surface area (Å²) in [6.07, 6.45) is -1.65. The molecule has 6 nitrogen and oxygen atoms in total. The van der Waals surface area contributed by atoms with Gasteiger partial charge < -0.3 is 28.8 Å². The van der Waals surface area contributed by atoms with E-state index in [0.717, 1.165) is 0 Å². The number of ether oxygens (including phenoxy) is 5. The van der Waals surface area contributed by atoms with Crippen molar-refractivity contribution < 1.29 is 28.8 Å². The van der Waals surface area contributed by atoms with Crippen LogP contribution in [0, 0.1) is 0 Å². The van der Waals surface area contributed by atoms with Gasteiger partial charge in [0.15, 0.2) is 11.6 Å². The quantitative estimate of drug-likeness (QED) is 0.679. The van der Waals surface area contributed by atoms with E-state index in [9.17, 15) is 5.11 Å². The maximum absolute atomic E-state index is 10.5. The predicted octanol–water partition coefficient (Wildman–Crippen LogP) is 0.377. The zero-order chi connectivity index (χ0) is 13.2. The molecule has 3 heterocycles. The van der Waals surface area contributed by atoms with Crippen LogP contribution < -0.4 is 0 Å². The molecule has 3 aliphatic heterocycles. The SMILES string of the molecule is CC1(C)O[C@H]2[C@H](COC3(COC(C)(C)O3)[C@@H]2O)O1. The van der Waals surface area contributed by atoms with E-state index >= 15 is 0 Å². The summed E-state index contributed by atoms with van der Waals surface area (Å²) in [5.41, 5.74) is 0.